The Bertz CT molecular complexity index is 679. The second kappa shape index (κ2) is 4.27. The number of benzene rings is 1. The van der Waals surface area contributed by atoms with Crippen molar-refractivity contribution in [3.8, 4) is 11.5 Å². The molecule has 0 amide bonds. The maximum absolute atomic E-state index is 5.63. The van der Waals surface area contributed by atoms with Crippen molar-refractivity contribution in [3.05, 3.63) is 17.8 Å². The largest absolute Gasteiger partial charge is 0.486 e. The first-order valence-electron chi connectivity index (χ1n) is 5.82. The van der Waals surface area contributed by atoms with Crippen LogP contribution in [0.25, 0.3) is 10.9 Å². The minimum absolute atomic E-state index is 0.0827. The number of ether oxygens (including phenoxy) is 2. The van der Waals surface area contributed by atoms with Gasteiger partial charge in [-0.05, 0) is 19.1 Å². The van der Waals surface area contributed by atoms with Crippen LogP contribution in [0.2, 0.25) is 0 Å². The van der Waals surface area contributed by atoms with Crippen molar-refractivity contribution in [1.29, 1.82) is 0 Å². The summed E-state index contributed by atoms with van der Waals surface area (Å²) in [6, 6.07) is 3.75. The van der Waals surface area contributed by atoms with E-state index in [-0.39, 0.29) is 11.9 Å². The lowest BCUT2D eigenvalue weighted by atomic mass is 10.1. The van der Waals surface area contributed by atoms with E-state index in [1.807, 2.05) is 19.1 Å². The first kappa shape index (κ1) is 11.5. The van der Waals surface area contributed by atoms with Crippen LogP contribution in [-0.2, 0) is 0 Å². The van der Waals surface area contributed by atoms with Gasteiger partial charge in [-0.25, -0.2) is 9.97 Å². The van der Waals surface area contributed by atoms with Crippen LogP contribution in [0.4, 0.5) is 5.95 Å². The summed E-state index contributed by atoms with van der Waals surface area (Å²) in [6.45, 7) is 2.89. The lowest BCUT2D eigenvalue weighted by Gasteiger charge is -2.19. The Kier molecular flexibility index (Phi) is 2.59. The Morgan fingerprint density at radius 1 is 1.21 bits per heavy atom. The van der Waals surface area contributed by atoms with Gasteiger partial charge < -0.3 is 20.9 Å². The summed E-state index contributed by atoms with van der Waals surface area (Å²) in [4.78, 5) is 12.4. The van der Waals surface area contributed by atoms with Crippen molar-refractivity contribution in [2.45, 2.75) is 6.92 Å². The molecule has 0 fully saturated rings. The second-order valence-electron chi connectivity index (χ2n) is 4.13. The van der Waals surface area contributed by atoms with Crippen LogP contribution in [0, 0.1) is 6.92 Å². The summed E-state index contributed by atoms with van der Waals surface area (Å²) in [5.41, 5.74) is 12.1. The van der Waals surface area contributed by atoms with Crippen LogP contribution in [0.1, 0.15) is 5.69 Å². The predicted octanol–water partition coefficient (Wildman–Crippen LogP) is 0.614. The molecule has 2 heterocycles. The quantitative estimate of drug-likeness (QED) is 0.574. The highest BCUT2D eigenvalue weighted by molar-refractivity contribution is 5.90. The Hall–Kier alpha value is -2.57. The maximum Gasteiger partial charge on any atom is 0.253 e. The number of hydrogen-bond donors (Lipinski definition) is 2. The van der Waals surface area contributed by atoms with Crippen LogP contribution in [-0.4, -0.2) is 29.1 Å². The number of fused-ring (bicyclic) bond motifs is 3. The van der Waals surface area contributed by atoms with E-state index in [0.717, 1.165) is 11.1 Å². The highest BCUT2D eigenvalue weighted by Crippen LogP contribution is 2.37. The number of rotatable bonds is 1. The third-order valence-corrected chi connectivity index (χ3v) is 2.78. The number of hydrogen-bond acceptors (Lipinski definition) is 5. The van der Waals surface area contributed by atoms with Gasteiger partial charge in [0.25, 0.3) is 5.95 Å². The standard InChI is InChI=1S/C12H13N5O2/c1-6-7-2-3-8-10(19-5-4-18-8)9(7)16-12(15-6)17-11(13)14/h2-3H,4-5H2,1H3,(H4,13,14,15,16,17). The van der Waals surface area contributed by atoms with E-state index in [9.17, 15) is 0 Å². The maximum atomic E-state index is 5.63. The number of nitrogens with zero attached hydrogens (tertiary/aromatic N) is 3. The first-order chi connectivity index (χ1) is 9.15. The Balaban J connectivity index is 2.28. The van der Waals surface area contributed by atoms with Gasteiger partial charge in [-0.15, -0.1) is 0 Å². The van der Waals surface area contributed by atoms with Crippen LogP contribution in [0.15, 0.2) is 17.1 Å². The molecule has 1 aromatic heterocycles. The van der Waals surface area contributed by atoms with Crippen molar-refractivity contribution in [2.24, 2.45) is 16.5 Å². The fourth-order valence-corrected chi connectivity index (χ4v) is 2.00. The molecule has 3 rings (SSSR count). The molecule has 2 aromatic rings. The molecule has 0 saturated heterocycles. The minimum atomic E-state index is -0.0827. The third kappa shape index (κ3) is 1.99. The lowest BCUT2D eigenvalue weighted by molar-refractivity contribution is 0.173. The van der Waals surface area contributed by atoms with Gasteiger partial charge >= 0.3 is 0 Å². The zero-order valence-corrected chi connectivity index (χ0v) is 10.4. The van der Waals surface area contributed by atoms with Crippen LogP contribution >= 0.6 is 0 Å². The van der Waals surface area contributed by atoms with Crippen LogP contribution < -0.4 is 20.9 Å². The van der Waals surface area contributed by atoms with E-state index >= 15 is 0 Å². The molecule has 1 aliphatic rings. The molecule has 1 aliphatic heterocycles. The van der Waals surface area contributed by atoms with Gasteiger partial charge in [-0.1, -0.05) is 0 Å². The molecule has 98 valence electrons. The molecule has 0 spiro atoms. The van der Waals surface area contributed by atoms with Crippen molar-refractivity contribution in [2.75, 3.05) is 13.2 Å². The van der Waals surface area contributed by atoms with Gasteiger partial charge in [-0.3, -0.25) is 0 Å². The smallest absolute Gasteiger partial charge is 0.253 e. The van der Waals surface area contributed by atoms with Crippen molar-refractivity contribution >= 4 is 22.8 Å². The SMILES string of the molecule is Cc1nc(N=C(N)N)nc2c3c(ccc12)OCCO3. The fourth-order valence-electron chi connectivity index (χ4n) is 2.00. The molecule has 0 saturated carbocycles. The van der Waals surface area contributed by atoms with E-state index in [1.165, 1.54) is 0 Å². The zero-order chi connectivity index (χ0) is 13.4. The van der Waals surface area contributed by atoms with Gasteiger partial charge in [0.2, 0.25) is 0 Å². The molecule has 0 unspecified atom stereocenters. The molecule has 0 radical (unpaired) electrons. The average molecular weight is 259 g/mol. The predicted molar refractivity (Wildman–Crippen MR) is 70.7 cm³/mol. The molecule has 4 N–H and O–H groups in total. The summed E-state index contributed by atoms with van der Waals surface area (Å²) < 4.78 is 11.1. The fraction of sp³-hybridized carbons (Fsp3) is 0.250. The van der Waals surface area contributed by atoms with Crippen molar-refractivity contribution in [1.82, 2.24) is 9.97 Å². The summed E-state index contributed by atoms with van der Waals surface area (Å²) in [6.07, 6.45) is 0. The highest BCUT2D eigenvalue weighted by Gasteiger charge is 2.18. The summed E-state index contributed by atoms with van der Waals surface area (Å²) in [5.74, 6) is 1.42. The van der Waals surface area contributed by atoms with E-state index in [1.54, 1.807) is 0 Å². The third-order valence-electron chi connectivity index (χ3n) is 2.78. The minimum Gasteiger partial charge on any atom is -0.486 e. The topological polar surface area (TPSA) is 109 Å². The summed E-state index contributed by atoms with van der Waals surface area (Å²) in [5, 5.41) is 0.888. The van der Waals surface area contributed by atoms with E-state index in [4.69, 9.17) is 20.9 Å². The summed E-state index contributed by atoms with van der Waals surface area (Å²) in [7, 11) is 0. The Morgan fingerprint density at radius 3 is 2.79 bits per heavy atom. The Labute approximate surface area is 109 Å². The van der Waals surface area contributed by atoms with E-state index < -0.39 is 0 Å². The molecule has 1 aromatic carbocycles. The van der Waals surface area contributed by atoms with Crippen molar-refractivity contribution < 1.29 is 9.47 Å². The zero-order valence-electron chi connectivity index (χ0n) is 10.4. The second-order valence-corrected chi connectivity index (χ2v) is 4.13. The van der Waals surface area contributed by atoms with Crippen LogP contribution in [0.5, 0.6) is 11.5 Å². The highest BCUT2D eigenvalue weighted by atomic mass is 16.6. The van der Waals surface area contributed by atoms with Gasteiger partial charge in [-0.2, -0.15) is 4.99 Å². The molecule has 19 heavy (non-hydrogen) atoms. The molecule has 0 aliphatic carbocycles. The van der Waals surface area contributed by atoms with Crippen LogP contribution in [0.3, 0.4) is 0 Å². The van der Waals surface area contributed by atoms with Gasteiger partial charge in [0.05, 0.1) is 5.69 Å². The molecule has 0 atom stereocenters. The number of guanidine groups is 1. The number of aromatic nitrogens is 2. The monoisotopic (exact) mass is 259 g/mol. The molecular weight excluding hydrogens is 246 g/mol. The number of aliphatic imine (C=N–C) groups is 1. The number of nitrogens with two attached hydrogens (primary N) is 2. The molecule has 0 bridgehead atoms. The average Bonchev–Trinajstić information content (AvgIpc) is 2.38. The van der Waals surface area contributed by atoms with Gasteiger partial charge in [0, 0.05) is 5.39 Å². The van der Waals surface area contributed by atoms with Gasteiger partial charge in [0.15, 0.2) is 17.5 Å². The molecule has 7 heteroatoms. The van der Waals surface area contributed by atoms with Crippen molar-refractivity contribution in [3.63, 3.8) is 0 Å². The Morgan fingerprint density at radius 2 is 2.00 bits per heavy atom. The van der Waals surface area contributed by atoms with Gasteiger partial charge in [0.1, 0.15) is 18.7 Å². The summed E-state index contributed by atoms with van der Waals surface area (Å²) >= 11 is 0. The van der Waals surface area contributed by atoms with E-state index in [0.29, 0.717) is 30.2 Å². The number of aryl methyl sites for hydroxylation is 1. The first-order valence-corrected chi connectivity index (χ1v) is 5.82. The molecular formula is C12H13N5O2. The lowest BCUT2D eigenvalue weighted by Crippen LogP contribution is -2.22. The normalized spacial score (nSPS) is 13.3. The molecule has 7 nitrogen and oxygen atoms in total. The van der Waals surface area contributed by atoms with E-state index in [2.05, 4.69) is 15.0 Å².